The Morgan fingerprint density at radius 3 is 1.50 bits per heavy atom. The molecule has 2 heteroatoms. The van der Waals surface area contributed by atoms with Crippen molar-refractivity contribution >= 4 is 0 Å². The average molecular weight is 220 g/mol. The van der Waals surface area contributed by atoms with Crippen molar-refractivity contribution in [3.63, 3.8) is 0 Å². The fraction of sp³-hybridized carbons (Fsp3) is 0.429. The highest BCUT2D eigenvalue weighted by molar-refractivity contribution is 5.02. The Bertz CT molecular complexity index is 211. The third-order valence-corrected chi connectivity index (χ3v) is 1.88. The van der Waals surface area contributed by atoms with E-state index in [-0.39, 0.29) is 0 Å². The van der Waals surface area contributed by atoms with E-state index < -0.39 is 0 Å². The number of nitrogens with one attached hydrogen (secondary N) is 2. The first-order valence-corrected chi connectivity index (χ1v) is 5.89. The van der Waals surface area contributed by atoms with Crippen molar-refractivity contribution in [2.75, 3.05) is 26.2 Å². The van der Waals surface area contributed by atoms with Gasteiger partial charge in [-0.15, -0.1) is 0 Å². The molecule has 0 bridgehead atoms. The van der Waals surface area contributed by atoms with Crippen LogP contribution in [0.25, 0.3) is 0 Å². The molecular formula is C14H24N2. The maximum absolute atomic E-state index is 3.33. The van der Waals surface area contributed by atoms with Gasteiger partial charge in [-0.05, 0) is 13.8 Å². The van der Waals surface area contributed by atoms with Gasteiger partial charge in [0.15, 0.2) is 0 Å². The molecule has 0 aliphatic heterocycles. The van der Waals surface area contributed by atoms with Gasteiger partial charge in [0.05, 0.1) is 0 Å². The molecule has 2 N–H and O–H groups in total. The lowest BCUT2D eigenvalue weighted by molar-refractivity contribution is 0.668. The van der Waals surface area contributed by atoms with E-state index >= 15 is 0 Å². The van der Waals surface area contributed by atoms with Crippen molar-refractivity contribution in [3.8, 4) is 0 Å². The van der Waals surface area contributed by atoms with Gasteiger partial charge in [-0.25, -0.2) is 0 Å². The smallest absolute Gasteiger partial charge is 0.0138 e. The molecule has 0 aromatic heterocycles. The molecule has 0 heterocycles. The lowest BCUT2D eigenvalue weighted by atomic mass is 10.4. The zero-order chi connectivity index (χ0) is 11.9. The van der Waals surface area contributed by atoms with Gasteiger partial charge in [0.2, 0.25) is 0 Å². The molecule has 0 spiro atoms. The molecule has 0 amide bonds. The molecule has 0 aromatic rings. The number of allylic oxidation sites excluding steroid dienone is 6. The molecule has 2 nitrogen and oxygen atoms in total. The van der Waals surface area contributed by atoms with Gasteiger partial charge in [-0.3, -0.25) is 0 Å². The third kappa shape index (κ3) is 12.9. The highest BCUT2D eigenvalue weighted by Crippen LogP contribution is 1.75. The van der Waals surface area contributed by atoms with Crippen LogP contribution in [0.3, 0.4) is 0 Å². The third-order valence-electron chi connectivity index (χ3n) is 1.88. The number of hydrogen-bond donors (Lipinski definition) is 2. The lowest BCUT2D eigenvalue weighted by Crippen LogP contribution is -2.27. The SMILES string of the molecule is CC=CC=CCNCCNCC=CC=CC. The van der Waals surface area contributed by atoms with E-state index in [0.717, 1.165) is 26.2 Å². The molecule has 0 aliphatic rings. The summed E-state index contributed by atoms with van der Waals surface area (Å²) in [5.41, 5.74) is 0. The van der Waals surface area contributed by atoms with Gasteiger partial charge in [-0.1, -0.05) is 48.6 Å². The van der Waals surface area contributed by atoms with E-state index in [1.54, 1.807) is 0 Å². The monoisotopic (exact) mass is 220 g/mol. The summed E-state index contributed by atoms with van der Waals surface area (Å²) in [5, 5.41) is 6.65. The summed E-state index contributed by atoms with van der Waals surface area (Å²) in [6.45, 7) is 7.89. The normalized spacial score (nSPS) is 12.9. The summed E-state index contributed by atoms with van der Waals surface area (Å²) < 4.78 is 0. The largest absolute Gasteiger partial charge is 0.312 e. The second-order valence-electron chi connectivity index (χ2n) is 3.32. The van der Waals surface area contributed by atoms with E-state index in [9.17, 15) is 0 Å². The van der Waals surface area contributed by atoms with Gasteiger partial charge >= 0.3 is 0 Å². The molecule has 16 heavy (non-hydrogen) atoms. The van der Waals surface area contributed by atoms with E-state index in [0.29, 0.717) is 0 Å². The predicted molar refractivity (Wildman–Crippen MR) is 73.6 cm³/mol. The standard InChI is InChI=1S/C14H24N2/c1-3-5-7-9-11-15-13-14-16-12-10-8-6-4-2/h3-10,15-16H,11-14H2,1-2H3. The Balaban J connectivity index is 3.15. The summed E-state index contributed by atoms with van der Waals surface area (Å²) in [7, 11) is 0. The van der Waals surface area contributed by atoms with Gasteiger partial charge in [0, 0.05) is 26.2 Å². The Morgan fingerprint density at radius 1 is 0.688 bits per heavy atom. The van der Waals surface area contributed by atoms with Crippen LogP contribution >= 0.6 is 0 Å². The van der Waals surface area contributed by atoms with Crippen molar-refractivity contribution in [2.45, 2.75) is 13.8 Å². The minimum atomic E-state index is 0.931. The van der Waals surface area contributed by atoms with Crippen molar-refractivity contribution in [1.82, 2.24) is 10.6 Å². The second-order valence-corrected chi connectivity index (χ2v) is 3.32. The first-order valence-electron chi connectivity index (χ1n) is 5.89. The van der Waals surface area contributed by atoms with Crippen LogP contribution in [0, 0.1) is 0 Å². The van der Waals surface area contributed by atoms with Crippen LogP contribution in [0.4, 0.5) is 0 Å². The average Bonchev–Trinajstić information content (AvgIpc) is 2.31. The van der Waals surface area contributed by atoms with E-state index in [4.69, 9.17) is 0 Å². The molecule has 0 saturated heterocycles. The summed E-state index contributed by atoms with van der Waals surface area (Å²) in [5.74, 6) is 0. The summed E-state index contributed by atoms with van der Waals surface area (Å²) in [4.78, 5) is 0. The van der Waals surface area contributed by atoms with Crippen LogP contribution in [0.1, 0.15) is 13.8 Å². The van der Waals surface area contributed by atoms with Crippen molar-refractivity contribution in [2.24, 2.45) is 0 Å². The maximum atomic E-state index is 3.33. The van der Waals surface area contributed by atoms with Crippen molar-refractivity contribution in [3.05, 3.63) is 48.6 Å². The molecule has 0 atom stereocenters. The van der Waals surface area contributed by atoms with E-state index in [2.05, 4.69) is 34.9 Å². The van der Waals surface area contributed by atoms with E-state index in [1.165, 1.54) is 0 Å². The Hall–Kier alpha value is -1.12. The number of hydrogen-bond acceptors (Lipinski definition) is 2. The molecule has 0 radical (unpaired) electrons. The highest BCUT2D eigenvalue weighted by Gasteiger charge is 1.82. The van der Waals surface area contributed by atoms with Crippen molar-refractivity contribution < 1.29 is 0 Å². The zero-order valence-electron chi connectivity index (χ0n) is 10.4. The minimum Gasteiger partial charge on any atom is -0.312 e. The van der Waals surface area contributed by atoms with Crippen LogP contribution in [0.2, 0.25) is 0 Å². The van der Waals surface area contributed by atoms with Crippen LogP contribution in [-0.2, 0) is 0 Å². The quantitative estimate of drug-likeness (QED) is 0.460. The van der Waals surface area contributed by atoms with Crippen LogP contribution < -0.4 is 10.6 Å². The Morgan fingerprint density at radius 2 is 1.12 bits per heavy atom. The van der Waals surface area contributed by atoms with Crippen LogP contribution in [0.15, 0.2) is 48.6 Å². The van der Waals surface area contributed by atoms with Crippen molar-refractivity contribution in [1.29, 1.82) is 0 Å². The summed E-state index contributed by atoms with van der Waals surface area (Å²) >= 11 is 0. The first-order chi connectivity index (χ1) is 7.91. The molecule has 0 aliphatic carbocycles. The van der Waals surface area contributed by atoms with Gasteiger partial charge in [-0.2, -0.15) is 0 Å². The first kappa shape index (κ1) is 14.9. The van der Waals surface area contributed by atoms with Crippen LogP contribution in [-0.4, -0.2) is 26.2 Å². The lowest BCUT2D eigenvalue weighted by Gasteiger charge is -2.01. The van der Waals surface area contributed by atoms with Crippen LogP contribution in [0.5, 0.6) is 0 Å². The Kier molecular flexibility index (Phi) is 12.9. The fourth-order valence-corrected chi connectivity index (χ4v) is 1.06. The second kappa shape index (κ2) is 13.9. The highest BCUT2D eigenvalue weighted by atomic mass is 14.9. The fourth-order valence-electron chi connectivity index (χ4n) is 1.06. The summed E-state index contributed by atoms with van der Waals surface area (Å²) in [6, 6.07) is 0. The summed E-state index contributed by atoms with van der Waals surface area (Å²) in [6.07, 6.45) is 16.5. The molecular weight excluding hydrogens is 196 g/mol. The molecule has 0 fully saturated rings. The predicted octanol–water partition coefficient (Wildman–Crippen LogP) is 2.43. The molecule has 0 rings (SSSR count). The molecule has 0 aromatic carbocycles. The zero-order valence-corrected chi connectivity index (χ0v) is 10.4. The topological polar surface area (TPSA) is 24.1 Å². The Labute approximate surface area is 99.8 Å². The number of rotatable bonds is 9. The molecule has 0 unspecified atom stereocenters. The maximum Gasteiger partial charge on any atom is 0.0138 e. The van der Waals surface area contributed by atoms with Gasteiger partial charge in [0.25, 0.3) is 0 Å². The van der Waals surface area contributed by atoms with Gasteiger partial charge in [0.1, 0.15) is 0 Å². The molecule has 90 valence electrons. The molecule has 0 saturated carbocycles. The van der Waals surface area contributed by atoms with E-state index in [1.807, 2.05) is 38.2 Å². The minimum absolute atomic E-state index is 0.931. The van der Waals surface area contributed by atoms with Gasteiger partial charge < -0.3 is 10.6 Å².